The maximum Gasteiger partial charge on any atom is 0.307 e. The minimum atomic E-state index is -1.95. The van der Waals surface area contributed by atoms with E-state index in [-0.39, 0.29) is 60.8 Å². The molecule has 4 aliphatic heterocycles. The van der Waals surface area contributed by atoms with Crippen LogP contribution in [-0.2, 0) is 14.3 Å². The van der Waals surface area contributed by atoms with Crippen LogP contribution in [0.2, 0.25) is 0 Å². The van der Waals surface area contributed by atoms with Crippen molar-refractivity contribution in [2.45, 2.75) is 110 Å². The van der Waals surface area contributed by atoms with Crippen molar-refractivity contribution >= 4 is 56.0 Å². The molecular weight excluding hydrogens is 837 g/mol. The normalized spacial score (nSPS) is 33.5. The number of phenols is 1. The van der Waals surface area contributed by atoms with Crippen LogP contribution in [-0.4, -0.2) is 111 Å². The Morgan fingerprint density at radius 3 is 2.23 bits per heavy atom. The summed E-state index contributed by atoms with van der Waals surface area (Å²) in [4.78, 5) is 52.4. The zero-order valence-electron chi connectivity index (χ0n) is 38.3. The number of phenolic OH excluding ortho intramolecular Hbond substituents is 1. The van der Waals surface area contributed by atoms with Crippen molar-refractivity contribution in [3.05, 3.63) is 79.5 Å². The molecule has 0 aliphatic carbocycles. The maximum absolute atomic E-state index is 14.9. The highest BCUT2D eigenvalue weighted by molar-refractivity contribution is 6.16. The second kappa shape index (κ2) is 17.4. The standard InChI is InChI=1S/C49H60N4O12/c1-22-12-10-13-23(2)48(61)51-39-44(59)35-34(38-46(39)64-33-19-30(18-31(54)37(33)50-38)53-20-28-14-11-15-29(21-53)52(28)8)36-45(27(6)43(35)58)65-49(7,47(36)60)63-17-16-32(62-9)24(3)41(56)26(5)42(57)25(4)40(22)55/h10,12-13,16-19,22,24-26,28-29,32,40-42,55-58,60H,11,14-15,20-21H2,1-9H3,(H,51,61)/b12-10+,17-16+,23-13-/t22-,24+,25+,26-,28-,29+,32-,40-,41+,42+,49-/m0/s1. The first-order chi connectivity index (χ1) is 30.8. The minimum absolute atomic E-state index is 0.0300. The van der Waals surface area contributed by atoms with Gasteiger partial charge >= 0.3 is 5.79 Å². The van der Waals surface area contributed by atoms with Gasteiger partial charge in [-0.05, 0) is 39.8 Å². The van der Waals surface area contributed by atoms with E-state index in [9.17, 15) is 39.9 Å². The Hall–Kier alpha value is -5.52. The molecule has 0 radical (unpaired) electrons. The highest BCUT2D eigenvalue weighted by atomic mass is 16.7. The lowest BCUT2D eigenvalue weighted by Crippen LogP contribution is -2.59. The van der Waals surface area contributed by atoms with Crippen LogP contribution in [0.3, 0.4) is 0 Å². The fourth-order valence-electron chi connectivity index (χ4n) is 10.2. The number of allylic oxidation sites excluding steroid dienone is 2. The smallest absolute Gasteiger partial charge is 0.307 e. The van der Waals surface area contributed by atoms with Crippen molar-refractivity contribution in [2.24, 2.45) is 23.7 Å². The molecule has 4 aliphatic rings. The summed E-state index contributed by atoms with van der Waals surface area (Å²) < 4.78 is 24.6. The second-order valence-corrected chi connectivity index (χ2v) is 18.8. The van der Waals surface area contributed by atoms with Crippen LogP contribution in [0, 0.1) is 30.6 Å². The fraction of sp³-hybridized carbons (Fsp3) is 0.510. The van der Waals surface area contributed by atoms with E-state index in [1.165, 1.54) is 52.4 Å². The molecule has 11 atom stereocenters. The highest BCUT2D eigenvalue weighted by Gasteiger charge is 2.44. The second-order valence-electron chi connectivity index (χ2n) is 18.8. The third-order valence-corrected chi connectivity index (χ3v) is 14.6. The van der Waals surface area contributed by atoms with Gasteiger partial charge < -0.3 is 54.4 Å². The van der Waals surface area contributed by atoms with Gasteiger partial charge in [-0.15, -0.1) is 0 Å². The van der Waals surface area contributed by atoms with E-state index < -0.39 is 82.1 Å². The number of anilines is 2. The van der Waals surface area contributed by atoms with E-state index >= 15 is 0 Å². The molecule has 8 rings (SSSR count). The molecular formula is C49H60N4O12. The Kier molecular flexibility index (Phi) is 12.3. The molecule has 5 heterocycles. The van der Waals surface area contributed by atoms with Crippen molar-refractivity contribution in [3.63, 3.8) is 0 Å². The number of aliphatic hydroxyl groups excluding tert-OH is 4. The quantitative estimate of drug-likeness (QED) is 0.119. The summed E-state index contributed by atoms with van der Waals surface area (Å²) in [5.74, 6) is -6.17. The van der Waals surface area contributed by atoms with Crippen molar-refractivity contribution in [1.82, 2.24) is 9.88 Å². The molecule has 16 heteroatoms. The maximum atomic E-state index is 14.9. The van der Waals surface area contributed by atoms with Crippen LogP contribution in [0.15, 0.2) is 62.3 Å². The summed E-state index contributed by atoms with van der Waals surface area (Å²) in [6, 6.07) is 3.86. The number of likely N-dealkylation sites (N-methyl/N-ethyl adjacent to an activating group) is 1. The van der Waals surface area contributed by atoms with Gasteiger partial charge in [-0.25, -0.2) is 4.98 Å². The summed E-state index contributed by atoms with van der Waals surface area (Å²) in [6.07, 6.45) is 6.73. The zero-order chi connectivity index (χ0) is 47.0. The summed E-state index contributed by atoms with van der Waals surface area (Å²) in [5.41, 5.74) is -1.15. The lowest BCUT2D eigenvalue weighted by atomic mass is 9.78. The number of amides is 1. The van der Waals surface area contributed by atoms with Crippen LogP contribution < -0.4 is 31.0 Å². The van der Waals surface area contributed by atoms with Crippen LogP contribution in [0.1, 0.15) is 66.4 Å². The van der Waals surface area contributed by atoms with Gasteiger partial charge in [0.1, 0.15) is 22.7 Å². The molecule has 6 bridgehead atoms. The number of carbonyl (C=O) groups excluding carboxylic acids is 1. The highest BCUT2D eigenvalue weighted by Crippen LogP contribution is 2.42. The third-order valence-electron chi connectivity index (χ3n) is 14.6. The van der Waals surface area contributed by atoms with Gasteiger partial charge in [0.2, 0.25) is 10.9 Å². The van der Waals surface area contributed by atoms with Crippen LogP contribution in [0.25, 0.3) is 38.7 Å². The van der Waals surface area contributed by atoms with Crippen LogP contribution in [0.4, 0.5) is 11.4 Å². The first kappa shape index (κ1) is 46.0. The predicted octanol–water partition coefficient (Wildman–Crippen LogP) is 4.66. The molecule has 4 aromatic rings. The van der Waals surface area contributed by atoms with E-state index in [1.807, 2.05) is 0 Å². The lowest BCUT2D eigenvalue weighted by molar-refractivity contribution is -0.112. The van der Waals surface area contributed by atoms with E-state index in [1.54, 1.807) is 45.9 Å². The zero-order valence-corrected chi connectivity index (χ0v) is 38.3. The van der Waals surface area contributed by atoms with E-state index in [4.69, 9.17) is 23.6 Å². The molecule has 2 saturated heterocycles. The number of rotatable bonds is 2. The number of piperazine rings is 1. The number of nitrogens with one attached hydrogen (secondary N) is 1. The van der Waals surface area contributed by atoms with E-state index in [0.717, 1.165) is 19.3 Å². The minimum Gasteiger partial charge on any atom is -0.507 e. The average Bonchev–Trinajstić information content (AvgIpc) is 3.54. The van der Waals surface area contributed by atoms with Gasteiger partial charge in [-0.3, -0.25) is 19.3 Å². The number of piperidine rings is 1. The van der Waals surface area contributed by atoms with Gasteiger partial charge in [-0.2, -0.15) is 0 Å². The molecule has 65 heavy (non-hydrogen) atoms. The molecule has 0 spiro atoms. The number of ether oxygens (including phenoxy) is 3. The molecule has 2 fully saturated rings. The van der Waals surface area contributed by atoms with Gasteiger partial charge in [0.15, 0.2) is 22.4 Å². The number of hydrogen-bond donors (Lipinski definition) is 6. The summed E-state index contributed by atoms with van der Waals surface area (Å²) >= 11 is 0. The summed E-state index contributed by atoms with van der Waals surface area (Å²) in [5, 5.41) is 60.3. The Bertz CT molecular complexity index is 2830. The Labute approximate surface area is 376 Å². The first-order valence-electron chi connectivity index (χ1n) is 22.4. The number of aromatic nitrogens is 1. The van der Waals surface area contributed by atoms with Crippen LogP contribution >= 0.6 is 0 Å². The third kappa shape index (κ3) is 7.82. The van der Waals surface area contributed by atoms with Crippen molar-refractivity contribution in [1.29, 1.82) is 0 Å². The van der Waals surface area contributed by atoms with Crippen molar-refractivity contribution in [3.8, 4) is 11.5 Å². The number of benzene rings is 3. The molecule has 0 unspecified atom stereocenters. The first-order valence-corrected chi connectivity index (χ1v) is 22.4. The van der Waals surface area contributed by atoms with E-state index in [2.05, 4.69) is 22.2 Å². The summed E-state index contributed by atoms with van der Waals surface area (Å²) in [7, 11) is 3.58. The molecule has 16 nitrogen and oxygen atoms in total. The lowest BCUT2D eigenvalue weighted by Gasteiger charge is -2.49. The topological polar surface area (TPSA) is 225 Å². The number of hydrogen-bond acceptors (Lipinski definition) is 15. The molecule has 6 N–H and O–H groups in total. The van der Waals surface area contributed by atoms with Gasteiger partial charge in [0.25, 0.3) is 5.91 Å². The van der Waals surface area contributed by atoms with Gasteiger partial charge in [0.05, 0.1) is 41.3 Å². The SMILES string of the molecule is CO[C@H]1/C=C/O[C@@]2(C)Oc3c(C)c(O)c4c(=O)c(c5oc6cc(N7C[C@H]8CCC[C@@H](C7)N8C)cc(=O)c6nc5c4c3=C2O)NC(=O)/C(C)=C\C=C\[C@H](C)[C@H](O)[C@@H](C)[C@@H](O)[C@@H](C)[C@H](O)[C@@H]1C. The van der Waals surface area contributed by atoms with Crippen molar-refractivity contribution in [2.75, 3.05) is 37.5 Å². The number of aliphatic hydroxyl groups is 4. The molecule has 1 aromatic heterocycles. The van der Waals surface area contributed by atoms with Crippen LogP contribution in [0.5, 0.6) is 11.5 Å². The predicted molar refractivity (Wildman–Crippen MR) is 247 cm³/mol. The van der Waals surface area contributed by atoms with Gasteiger partial charge in [0, 0.05) is 97.2 Å². The van der Waals surface area contributed by atoms with Crippen molar-refractivity contribution < 1.29 is 49.0 Å². The summed E-state index contributed by atoms with van der Waals surface area (Å²) in [6.45, 7) is 12.8. The number of nitrogens with zero attached hydrogens (tertiary/aromatic N) is 3. The number of aromatic hydroxyl groups is 1. The Morgan fingerprint density at radius 1 is 0.892 bits per heavy atom. The van der Waals surface area contributed by atoms with Gasteiger partial charge in [-0.1, -0.05) is 52.3 Å². The molecule has 348 valence electrons. The fourth-order valence-corrected chi connectivity index (χ4v) is 10.2. The Balaban J connectivity index is 1.35. The average molecular weight is 897 g/mol. The number of methoxy groups -OCH3 is 1. The number of carbonyl (C=O) groups is 1. The largest absolute Gasteiger partial charge is 0.507 e. The molecule has 0 saturated carbocycles. The molecule has 3 aromatic carbocycles. The molecule has 1 amide bonds. The monoisotopic (exact) mass is 896 g/mol. The number of fused-ring (bicyclic) bond motifs is 4. The van der Waals surface area contributed by atoms with E-state index in [0.29, 0.717) is 30.9 Å². The Morgan fingerprint density at radius 2 is 1.55 bits per heavy atom.